The highest BCUT2D eigenvalue weighted by atomic mass is 16.5. The van der Waals surface area contributed by atoms with Crippen LogP contribution < -0.4 is 15.0 Å². The number of amides is 1. The molecule has 0 saturated heterocycles. The molecule has 2 aromatic heterocycles. The van der Waals surface area contributed by atoms with E-state index in [2.05, 4.69) is 20.2 Å². The zero-order valence-electron chi connectivity index (χ0n) is 15.4. The van der Waals surface area contributed by atoms with Crippen LogP contribution in [-0.4, -0.2) is 36.6 Å². The van der Waals surface area contributed by atoms with Crippen molar-refractivity contribution >= 4 is 17.3 Å². The third-order valence-electron chi connectivity index (χ3n) is 4.26. The van der Waals surface area contributed by atoms with Gasteiger partial charge < -0.3 is 15.0 Å². The maximum atomic E-state index is 12.4. The van der Waals surface area contributed by atoms with E-state index in [1.165, 1.54) is 5.56 Å². The number of aromatic nitrogens is 2. The van der Waals surface area contributed by atoms with Crippen molar-refractivity contribution in [3.05, 3.63) is 78.4 Å². The molecule has 138 valence electrons. The molecule has 0 radical (unpaired) electrons. The van der Waals surface area contributed by atoms with Crippen molar-refractivity contribution in [2.24, 2.45) is 0 Å². The summed E-state index contributed by atoms with van der Waals surface area (Å²) in [4.78, 5) is 22.9. The lowest BCUT2D eigenvalue weighted by molar-refractivity contribution is 0.102. The molecule has 3 rings (SSSR count). The van der Waals surface area contributed by atoms with E-state index >= 15 is 0 Å². The highest BCUT2D eigenvalue weighted by Crippen LogP contribution is 2.23. The van der Waals surface area contributed by atoms with Crippen LogP contribution >= 0.6 is 0 Å². The van der Waals surface area contributed by atoms with Crippen molar-refractivity contribution in [3.8, 4) is 5.75 Å². The van der Waals surface area contributed by atoms with Crippen LogP contribution in [0.4, 0.5) is 11.4 Å². The van der Waals surface area contributed by atoms with Gasteiger partial charge in [-0.1, -0.05) is 12.1 Å². The van der Waals surface area contributed by atoms with E-state index in [1.54, 1.807) is 43.9 Å². The van der Waals surface area contributed by atoms with Crippen LogP contribution in [-0.2, 0) is 6.42 Å². The second-order valence-electron chi connectivity index (χ2n) is 6.08. The van der Waals surface area contributed by atoms with Crippen LogP contribution in [0.2, 0.25) is 0 Å². The number of rotatable bonds is 7. The number of nitrogens with zero attached hydrogens (tertiary/aromatic N) is 3. The van der Waals surface area contributed by atoms with Gasteiger partial charge in [0.1, 0.15) is 11.4 Å². The van der Waals surface area contributed by atoms with Gasteiger partial charge in [0.2, 0.25) is 0 Å². The average Bonchev–Trinajstić information content (AvgIpc) is 2.73. The molecule has 0 aliphatic rings. The molecule has 0 aliphatic carbocycles. The number of carbonyl (C=O) groups excluding carboxylic acids is 1. The number of benzene rings is 1. The Morgan fingerprint density at radius 3 is 2.59 bits per heavy atom. The Morgan fingerprint density at radius 1 is 1.11 bits per heavy atom. The lowest BCUT2D eigenvalue weighted by Crippen LogP contribution is -2.21. The Kier molecular flexibility index (Phi) is 5.99. The molecule has 0 saturated carbocycles. The molecule has 6 heteroatoms. The van der Waals surface area contributed by atoms with Gasteiger partial charge in [0.15, 0.2) is 0 Å². The summed E-state index contributed by atoms with van der Waals surface area (Å²) in [5, 5.41) is 2.83. The largest absolute Gasteiger partial charge is 0.495 e. The van der Waals surface area contributed by atoms with Crippen LogP contribution in [0.5, 0.6) is 5.75 Å². The summed E-state index contributed by atoms with van der Waals surface area (Å²) >= 11 is 0. The van der Waals surface area contributed by atoms with Crippen molar-refractivity contribution in [2.45, 2.75) is 6.42 Å². The van der Waals surface area contributed by atoms with Crippen molar-refractivity contribution in [3.63, 3.8) is 0 Å². The highest BCUT2D eigenvalue weighted by Gasteiger charge is 2.11. The van der Waals surface area contributed by atoms with E-state index in [0.29, 0.717) is 17.1 Å². The van der Waals surface area contributed by atoms with Gasteiger partial charge in [0.05, 0.1) is 24.7 Å². The molecule has 0 bridgehead atoms. The molecule has 1 amide bonds. The number of ether oxygens (including phenoxy) is 1. The first kappa shape index (κ1) is 18.4. The minimum atomic E-state index is -0.273. The number of carbonyl (C=O) groups is 1. The topological polar surface area (TPSA) is 67.3 Å². The van der Waals surface area contributed by atoms with E-state index in [1.807, 2.05) is 37.4 Å². The van der Waals surface area contributed by atoms with Crippen LogP contribution in [0.3, 0.4) is 0 Å². The quantitative estimate of drug-likeness (QED) is 0.698. The Balaban J connectivity index is 1.61. The van der Waals surface area contributed by atoms with E-state index in [-0.39, 0.29) is 5.91 Å². The summed E-state index contributed by atoms with van der Waals surface area (Å²) in [7, 11) is 3.58. The van der Waals surface area contributed by atoms with Gasteiger partial charge in [0.25, 0.3) is 5.91 Å². The molecule has 0 aliphatic heterocycles. The molecule has 1 aromatic carbocycles. The lowest BCUT2D eigenvalue weighted by Gasteiger charge is -2.19. The van der Waals surface area contributed by atoms with E-state index in [9.17, 15) is 4.79 Å². The second-order valence-corrected chi connectivity index (χ2v) is 6.08. The van der Waals surface area contributed by atoms with E-state index in [4.69, 9.17) is 4.74 Å². The summed E-state index contributed by atoms with van der Waals surface area (Å²) in [5.41, 5.74) is 3.16. The van der Waals surface area contributed by atoms with Crippen LogP contribution in [0.1, 0.15) is 16.1 Å². The summed E-state index contributed by atoms with van der Waals surface area (Å²) in [6.07, 6.45) is 6.22. The predicted molar refractivity (Wildman–Crippen MR) is 106 cm³/mol. The number of methoxy groups -OCH3 is 1. The summed E-state index contributed by atoms with van der Waals surface area (Å²) in [6.45, 7) is 0.846. The maximum Gasteiger partial charge on any atom is 0.274 e. The number of hydrogen-bond donors (Lipinski definition) is 1. The number of nitrogens with one attached hydrogen (secondary N) is 1. The van der Waals surface area contributed by atoms with Crippen molar-refractivity contribution < 1.29 is 9.53 Å². The summed E-state index contributed by atoms with van der Waals surface area (Å²) in [6, 6.07) is 14.9. The molecular formula is C21H22N4O2. The zero-order valence-corrected chi connectivity index (χ0v) is 15.4. The van der Waals surface area contributed by atoms with Crippen molar-refractivity contribution in [1.82, 2.24) is 9.97 Å². The number of likely N-dealkylation sites (N-methyl/N-ethyl adjacent to an activating group) is 1. The van der Waals surface area contributed by atoms with Gasteiger partial charge in [0, 0.05) is 26.0 Å². The highest BCUT2D eigenvalue weighted by molar-refractivity contribution is 6.03. The zero-order chi connectivity index (χ0) is 19.1. The molecule has 0 atom stereocenters. The van der Waals surface area contributed by atoms with Crippen LogP contribution in [0.15, 0.2) is 67.1 Å². The molecule has 6 nitrogen and oxygen atoms in total. The van der Waals surface area contributed by atoms with Crippen LogP contribution in [0.25, 0.3) is 0 Å². The van der Waals surface area contributed by atoms with Gasteiger partial charge in [-0.05, 0) is 48.4 Å². The molecule has 0 unspecified atom stereocenters. The third-order valence-corrected chi connectivity index (χ3v) is 4.26. The number of hydrogen-bond acceptors (Lipinski definition) is 5. The molecule has 1 N–H and O–H groups in total. The fourth-order valence-corrected chi connectivity index (χ4v) is 2.66. The van der Waals surface area contributed by atoms with Gasteiger partial charge in [-0.2, -0.15) is 0 Å². The first-order chi connectivity index (χ1) is 13.2. The third kappa shape index (κ3) is 4.82. The lowest BCUT2D eigenvalue weighted by atomic mass is 10.2. The minimum absolute atomic E-state index is 0.273. The number of para-hydroxylation sites is 2. The fourth-order valence-electron chi connectivity index (χ4n) is 2.66. The minimum Gasteiger partial charge on any atom is -0.495 e. The average molecular weight is 362 g/mol. The molecule has 27 heavy (non-hydrogen) atoms. The van der Waals surface area contributed by atoms with E-state index in [0.717, 1.165) is 18.7 Å². The summed E-state index contributed by atoms with van der Waals surface area (Å²) < 4.78 is 5.25. The standard InChI is InChI=1S/C21H22N4O2/c1-25(14-11-16-9-12-22-13-10-16)17-7-8-19(23-15-17)21(26)24-18-5-3-4-6-20(18)27-2/h3-10,12-13,15H,11,14H2,1-2H3,(H,24,26). The molecule has 3 aromatic rings. The Labute approximate surface area is 158 Å². The summed E-state index contributed by atoms with van der Waals surface area (Å²) in [5.74, 6) is 0.337. The first-order valence-corrected chi connectivity index (χ1v) is 8.68. The van der Waals surface area contributed by atoms with Gasteiger partial charge in [-0.3, -0.25) is 9.78 Å². The van der Waals surface area contributed by atoms with Gasteiger partial charge >= 0.3 is 0 Å². The molecule has 2 heterocycles. The predicted octanol–water partition coefficient (Wildman–Crippen LogP) is 3.42. The Bertz CT molecular complexity index is 882. The van der Waals surface area contributed by atoms with Crippen molar-refractivity contribution in [2.75, 3.05) is 30.9 Å². The molecular weight excluding hydrogens is 340 g/mol. The fraction of sp³-hybridized carbons (Fsp3) is 0.190. The van der Waals surface area contributed by atoms with Crippen LogP contribution in [0, 0.1) is 0 Å². The SMILES string of the molecule is COc1ccccc1NC(=O)c1ccc(N(C)CCc2ccncc2)cn1. The maximum absolute atomic E-state index is 12.4. The van der Waals surface area contributed by atoms with Crippen molar-refractivity contribution in [1.29, 1.82) is 0 Å². The Hall–Kier alpha value is -3.41. The first-order valence-electron chi connectivity index (χ1n) is 8.68. The Morgan fingerprint density at radius 2 is 1.89 bits per heavy atom. The molecule has 0 spiro atoms. The smallest absolute Gasteiger partial charge is 0.274 e. The molecule has 0 fully saturated rings. The van der Waals surface area contributed by atoms with Gasteiger partial charge in [-0.15, -0.1) is 0 Å². The normalized spacial score (nSPS) is 10.3. The monoisotopic (exact) mass is 362 g/mol. The second kappa shape index (κ2) is 8.80. The van der Waals surface area contributed by atoms with Gasteiger partial charge in [-0.25, -0.2) is 4.98 Å². The number of anilines is 2. The van der Waals surface area contributed by atoms with E-state index < -0.39 is 0 Å². The number of pyridine rings is 2.